The van der Waals surface area contributed by atoms with Crippen LogP contribution in [0.15, 0.2) is 18.2 Å². The molecule has 1 unspecified atom stereocenters. The SMILES string of the molecule is COc1cccc(NC2CCOC2)n1. The number of rotatable bonds is 3. The van der Waals surface area contributed by atoms with Crippen LogP contribution in [0.2, 0.25) is 0 Å². The van der Waals surface area contributed by atoms with E-state index in [-0.39, 0.29) is 0 Å². The van der Waals surface area contributed by atoms with Gasteiger partial charge in [0.15, 0.2) is 0 Å². The lowest BCUT2D eigenvalue weighted by molar-refractivity contribution is 0.195. The topological polar surface area (TPSA) is 43.4 Å². The Morgan fingerprint density at radius 3 is 3.21 bits per heavy atom. The van der Waals surface area contributed by atoms with Crippen LogP contribution in [0.5, 0.6) is 5.88 Å². The van der Waals surface area contributed by atoms with E-state index >= 15 is 0 Å². The first kappa shape index (κ1) is 9.27. The smallest absolute Gasteiger partial charge is 0.214 e. The van der Waals surface area contributed by atoms with E-state index in [1.165, 1.54) is 0 Å². The Bertz CT molecular complexity index is 298. The van der Waals surface area contributed by atoms with Crippen LogP contribution in [0, 0.1) is 0 Å². The second-order valence-corrected chi connectivity index (χ2v) is 3.27. The highest BCUT2D eigenvalue weighted by atomic mass is 16.5. The highest BCUT2D eigenvalue weighted by Crippen LogP contribution is 2.14. The van der Waals surface area contributed by atoms with Gasteiger partial charge in [0.05, 0.1) is 19.8 Å². The Balaban J connectivity index is 2.00. The predicted molar refractivity (Wildman–Crippen MR) is 53.6 cm³/mol. The fraction of sp³-hybridized carbons (Fsp3) is 0.500. The van der Waals surface area contributed by atoms with Crippen LogP contribution in [-0.4, -0.2) is 31.3 Å². The van der Waals surface area contributed by atoms with E-state index in [0.29, 0.717) is 11.9 Å². The van der Waals surface area contributed by atoms with Gasteiger partial charge in [-0.15, -0.1) is 0 Å². The number of methoxy groups -OCH3 is 1. The Hall–Kier alpha value is -1.29. The summed E-state index contributed by atoms with van der Waals surface area (Å²) in [5.41, 5.74) is 0. The molecule has 0 radical (unpaired) electrons. The van der Waals surface area contributed by atoms with Crippen molar-refractivity contribution in [2.24, 2.45) is 0 Å². The Kier molecular flexibility index (Phi) is 2.84. The Morgan fingerprint density at radius 1 is 1.57 bits per heavy atom. The minimum Gasteiger partial charge on any atom is -0.481 e. The van der Waals surface area contributed by atoms with Crippen LogP contribution in [0.3, 0.4) is 0 Å². The van der Waals surface area contributed by atoms with E-state index in [4.69, 9.17) is 9.47 Å². The standard InChI is InChI=1S/C10H14N2O2/c1-13-10-4-2-3-9(12-10)11-8-5-6-14-7-8/h2-4,8H,5-7H2,1H3,(H,11,12). The zero-order valence-corrected chi connectivity index (χ0v) is 8.19. The lowest BCUT2D eigenvalue weighted by Crippen LogP contribution is -2.19. The minimum absolute atomic E-state index is 0.384. The molecule has 2 rings (SSSR count). The van der Waals surface area contributed by atoms with Crippen molar-refractivity contribution in [3.05, 3.63) is 18.2 Å². The highest BCUT2D eigenvalue weighted by molar-refractivity contribution is 5.38. The van der Waals surface area contributed by atoms with E-state index in [1.807, 2.05) is 18.2 Å². The molecule has 0 spiro atoms. The van der Waals surface area contributed by atoms with Crippen LogP contribution < -0.4 is 10.1 Å². The van der Waals surface area contributed by atoms with Gasteiger partial charge in [-0.3, -0.25) is 0 Å². The quantitative estimate of drug-likeness (QED) is 0.787. The molecule has 1 saturated heterocycles. The van der Waals surface area contributed by atoms with Gasteiger partial charge in [0.25, 0.3) is 0 Å². The van der Waals surface area contributed by atoms with Crippen LogP contribution in [0.25, 0.3) is 0 Å². The number of nitrogens with one attached hydrogen (secondary N) is 1. The fourth-order valence-corrected chi connectivity index (χ4v) is 1.47. The molecule has 4 heteroatoms. The van der Waals surface area contributed by atoms with E-state index in [1.54, 1.807) is 7.11 Å². The summed E-state index contributed by atoms with van der Waals surface area (Å²) >= 11 is 0. The van der Waals surface area contributed by atoms with Gasteiger partial charge in [0.2, 0.25) is 5.88 Å². The lowest BCUT2D eigenvalue weighted by Gasteiger charge is -2.11. The highest BCUT2D eigenvalue weighted by Gasteiger charge is 2.15. The molecule has 1 aliphatic rings. The maximum atomic E-state index is 5.26. The Morgan fingerprint density at radius 2 is 2.50 bits per heavy atom. The lowest BCUT2D eigenvalue weighted by atomic mass is 10.2. The maximum Gasteiger partial charge on any atom is 0.214 e. The molecule has 1 N–H and O–H groups in total. The molecule has 1 aromatic heterocycles. The summed E-state index contributed by atoms with van der Waals surface area (Å²) in [6.45, 7) is 1.60. The van der Waals surface area contributed by atoms with Crippen molar-refractivity contribution in [1.29, 1.82) is 0 Å². The third kappa shape index (κ3) is 2.14. The molecule has 76 valence electrons. The molecule has 2 heterocycles. The molecule has 1 aliphatic heterocycles. The van der Waals surface area contributed by atoms with Crippen LogP contribution in [0.4, 0.5) is 5.82 Å². The number of pyridine rings is 1. The summed E-state index contributed by atoms with van der Waals surface area (Å²) in [5.74, 6) is 1.48. The van der Waals surface area contributed by atoms with Gasteiger partial charge in [0.1, 0.15) is 5.82 Å². The zero-order valence-electron chi connectivity index (χ0n) is 8.19. The molecule has 0 bridgehead atoms. The molecule has 4 nitrogen and oxygen atoms in total. The first-order chi connectivity index (χ1) is 6.88. The van der Waals surface area contributed by atoms with Crippen molar-refractivity contribution in [1.82, 2.24) is 4.98 Å². The van der Waals surface area contributed by atoms with E-state index in [2.05, 4.69) is 10.3 Å². The molecule has 0 saturated carbocycles. The summed E-state index contributed by atoms with van der Waals surface area (Å²) in [7, 11) is 1.62. The first-order valence-corrected chi connectivity index (χ1v) is 4.74. The van der Waals surface area contributed by atoms with Crippen LogP contribution >= 0.6 is 0 Å². The second-order valence-electron chi connectivity index (χ2n) is 3.27. The van der Waals surface area contributed by atoms with Crippen LogP contribution in [-0.2, 0) is 4.74 Å². The van der Waals surface area contributed by atoms with E-state index < -0.39 is 0 Å². The van der Waals surface area contributed by atoms with Gasteiger partial charge in [-0.25, -0.2) is 0 Å². The number of ether oxygens (including phenoxy) is 2. The number of anilines is 1. The van der Waals surface area contributed by atoms with Crippen molar-refractivity contribution >= 4 is 5.82 Å². The van der Waals surface area contributed by atoms with Gasteiger partial charge in [-0.05, 0) is 12.5 Å². The molecular weight excluding hydrogens is 180 g/mol. The molecule has 0 aromatic carbocycles. The van der Waals surface area contributed by atoms with Gasteiger partial charge in [0, 0.05) is 12.7 Å². The number of nitrogens with zero attached hydrogens (tertiary/aromatic N) is 1. The molecule has 1 fully saturated rings. The average Bonchev–Trinajstić information content (AvgIpc) is 2.71. The Labute approximate surface area is 83.2 Å². The molecule has 14 heavy (non-hydrogen) atoms. The first-order valence-electron chi connectivity index (χ1n) is 4.74. The summed E-state index contributed by atoms with van der Waals surface area (Å²) in [6.07, 6.45) is 1.04. The third-order valence-corrected chi connectivity index (χ3v) is 2.21. The van der Waals surface area contributed by atoms with Gasteiger partial charge in [-0.1, -0.05) is 6.07 Å². The van der Waals surface area contributed by atoms with Gasteiger partial charge < -0.3 is 14.8 Å². The zero-order chi connectivity index (χ0) is 9.80. The molecule has 0 aliphatic carbocycles. The van der Waals surface area contributed by atoms with Gasteiger partial charge >= 0.3 is 0 Å². The summed E-state index contributed by atoms with van der Waals surface area (Å²) in [6, 6.07) is 6.07. The summed E-state index contributed by atoms with van der Waals surface area (Å²) < 4.78 is 10.3. The molecule has 0 amide bonds. The summed E-state index contributed by atoms with van der Waals surface area (Å²) in [5, 5.41) is 3.30. The van der Waals surface area contributed by atoms with E-state index in [0.717, 1.165) is 25.5 Å². The van der Waals surface area contributed by atoms with Crippen LogP contribution in [0.1, 0.15) is 6.42 Å². The van der Waals surface area contributed by atoms with Crippen molar-refractivity contribution < 1.29 is 9.47 Å². The predicted octanol–water partition coefficient (Wildman–Crippen LogP) is 1.29. The second kappa shape index (κ2) is 4.28. The monoisotopic (exact) mass is 194 g/mol. The summed E-state index contributed by atoms with van der Waals surface area (Å²) in [4.78, 5) is 4.27. The van der Waals surface area contributed by atoms with Crippen molar-refractivity contribution in [3.8, 4) is 5.88 Å². The molecular formula is C10H14N2O2. The number of hydrogen-bond acceptors (Lipinski definition) is 4. The fourth-order valence-electron chi connectivity index (χ4n) is 1.47. The van der Waals surface area contributed by atoms with E-state index in [9.17, 15) is 0 Å². The van der Waals surface area contributed by atoms with Crippen molar-refractivity contribution in [2.45, 2.75) is 12.5 Å². The van der Waals surface area contributed by atoms with Crippen molar-refractivity contribution in [2.75, 3.05) is 25.6 Å². The normalized spacial score (nSPS) is 20.8. The van der Waals surface area contributed by atoms with Crippen molar-refractivity contribution in [3.63, 3.8) is 0 Å². The largest absolute Gasteiger partial charge is 0.481 e. The average molecular weight is 194 g/mol. The number of hydrogen-bond donors (Lipinski definition) is 1. The van der Waals surface area contributed by atoms with Gasteiger partial charge in [-0.2, -0.15) is 4.98 Å². The maximum absolute atomic E-state index is 5.26. The minimum atomic E-state index is 0.384. The molecule has 1 atom stereocenters. The number of aromatic nitrogens is 1. The molecule has 1 aromatic rings. The third-order valence-electron chi connectivity index (χ3n) is 2.21.